The molecular weight excluding hydrogens is 381 g/mol. The smallest absolute Gasteiger partial charge is 0.262 e. The van der Waals surface area contributed by atoms with E-state index in [1.54, 1.807) is 13.1 Å². The van der Waals surface area contributed by atoms with Crippen LogP contribution in [0.5, 0.6) is 5.75 Å². The van der Waals surface area contributed by atoms with Gasteiger partial charge in [-0.1, -0.05) is 54.6 Å². The second-order valence-electron chi connectivity index (χ2n) is 6.77. The molecule has 0 aliphatic rings. The van der Waals surface area contributed by atoms with Crippen LogP contribution in [-0.4, -0.2) is 9.55 Å². The first kappa shape index (κ1) is 19.4. The number of nitrogens with zero attached hydrogens (tertiary/aromatic N) is 2. The molecule has 1 aromatic heterocycles. The van der Waals surface area contributed by atoms with Crippen molar-refractivity contribution >= 4 is 11.6 Å². The Kier molecular flexibility index (Phi) is 5.57. The maximum Gasteiger partial charge on any atom is 0.262 e. The van der Waals surface area contributed by atoms with Gasteiger partial charge in [0.05, 0.1) is 5.56 Å². The fourth-order valence-corrected chi connectivity index (χ4v) is 3.03. The molecule has 3 aromatic carbocycles. The molecule has 1 N–H and O–H groups in total. The van der Waals surface area contributed by atoms with Gasteiger partial charge < -0.3 is 10.1 Å². The molecule has 150 valence electrons. The third-order valence-electron chi connectivity index (χ3n) is 4.68. The van der Waals surface area contributed by atoms with Gasteiger partial charge in [-0.15, -0.1) is 0 Å². The number of rotatable bonds is 6. The quantitative estimate of drug-likeness (QED) is 0.499. The number of nitrogens with one attached hydrogen (secondary N) is 1. The lowest BCUT2D eigenvalue weighted by atomic mass is 10.1. The zero-order valence-electron chi connectivity index (χ0n) is 16.4. The van der Waals surface area contributed by atoms with Gasteiger partial charge in [-0.25, -0.2) is 9.37 Å². The Morgan fingerprint density at radius 2 is 1.70 bits per heavy atom. The predicted octanol–water partition coefficient (Wildman–Crippen LogP) is 4.91. The molecule has 0 atom stereocenters. The van der Waals surface area contributed by atoms with Gasteiger partial charge in [0.25, 0.3) is 5.56 Å². The standard InChI is InChI=1S/C24H20FN3O2/c1-28-23(29)20(15-26-24(28)27-19-10-6-3-7-11-19)18-12-13-22(21(25)14-18)30-16-17-8-4-2-5-9-17/h2-15H,16H2,1H3,(H,26,27). The van der Waals surface area contributed by atoms with Crippen LogP contribution in [-0.2, 0) is 13.7 Å². The monoisotopic (exact) mass is 401 g/mol. The summed E-state index contributed by atoms with van der Waals surface area (Å²) in [5, 5.41) is 3.10. The van der Waals surface area contributed by atoms with Gasteiger partial charge in [0.1, 0.15) is 6.61 Å². The number of halogens is 1. The molecule has 0 aliphatic heterocycles. The number of anilines is 2. The highest BCUT2D eigenvalue weighted by Crippen LogP contribution is 2.25. The van der Waals surface area contributed by atoms with E-state index in [2.05, 4.69) is 10.3 Å². The molecule has 0 unspecified atom stereocenters. The summed E-state index contributed by atoms with van der Waals surface area (Å²) in [5.74, 6) is 0.00459. The van der Waals surface area contributed by atoms with Gasteiger partial charge in [-0.05, 0) is 35.4 Å². The fourth-order valence-electron chi connectivity index (χ4n) is 3.03. The van der Waals surface area contributed by atoms with Gasteiger partial charge in [0.2, 0.25) is 5.95 Å². The van der Waals surface area contributed by atoms with Crippen molar-refractivity contribution in [3.63, 3.8) is 0 Å². The van der Waals surface area contributed by atoms with Crippen molar-refractivity contribution in [2.24, 2.45) is 7.05 Å². The minimum Gasteiger partial charge on any atom is -0.486 e. The summed E-state index contributed by atoms with van der Waals surface area (Å²) in [5.41, 5.74) is 2.24. The van der Waals surface area contributed by atoms with Gasteiger partial charge in [-0.2, -0.15) is 0 Å². The predicted molar refractivity (Wildman–Crippen MR) is 115 cm³/mol. The molecule has 30 heavy (non-hydrogen) atoms. The summed E-state index contributed by atoms with van der Waals surface area (Å²) in [6.07, 6.45) is 1.45. The molecule has 5 nitrogen and oxygen atoms in total. The highest BCUT2D eigenvalue weighted by atomic mass is 19.1. The van der Waals surface area contributed by atoms with Gasteiger partial charge in [-0.3, -0.25) is 9.36 Å². The molecule has 0 bridgehead atoms. The minimum atomic E-state index is -0.531. The molecule has 0 saturated carbocycles. The molecule has 0 aliphatic carbocycles. The van der Waals surface area contributed by atoms with Crippen LogP contribution >= 0.6 is 0 Å². The summed E-state index contributed by atoms with van der Waals surface area (Å²) in [4.78, 5) is 17.2. The summed E-state index contributed by atoms with van der Waals surface area (Å²) in [6, 6.07) is 23.5. The van der Waals surface area contributed by atoms with Crippen LogP contribution in [0.2, 0.25) is 0 Å². The van der Waals surface area contributed by atoms with Crippen LogP contribution < -0.4 is 15.6 Å². The van der Waals surface area contributed by atoms with Gasteiger partial charge in [0.15, 0.2) is 11.6 Å². The molecule has 0 amide bonds. The molecule has 0 spiro atoms. The van der Waals surface area contributed by atoms with Crippen molar-refractivity contribution in [1.82, 2.24) is 9.55 Å². The Morgan fingerprint density at radius 1 is 1.00 bits per heavy atom. The van der Waals surface area contributed by atoms with E-state index < -0.39 is 5.82 Å². The summed E-state index contributed by atoms with van der Waals surface area (Å²) >= 11 is 0. The number of ether oxygens (including phenoxy) is 1. The third-order valence-corrected chi connectivity index (χ3v) is 4.68. The van der Waals surface area contributed by atoms with Gasteiger partial charge >= 0.3 is 0 Å². The molecule has 0 fully saturated rings. The number of hydrogen-bond donors (Lipinski definition) is 1. The van der Waals surface area contributed by atoms with Gasteiger partial charge in [0, 0.05) is 18.9 Å². The SMILES string of the molecule is Cn1c(Nc2ccccc2)ncc(-c2ccc(OCc3ccccc3)c(F)c2)c1=O. The van der Waals surface area contributed by atoms with Crippen molar-refractivity contribution in [2.45, 2.75) is 6.61 Å². The second-order valence-corrected chi connectivity index (χ2v) is 6.77. The van der Waals surface area contributed by atoms with Crippen LogP contribution in [0.25, 0.3) is 11.1 Å². The van der Waals surface area contributed by atoms with Crippen LogP contribution in [0, 0.1) is 5.82 Å². The fraction of sp³-hybridized carbons (Fsp3) is 0.0833. The molecule has 1 heterocycles. The lowest BCUT2D eigenvalue weighted by molar-refractivity contribution is 0.290. The first-order chi connectivity index (χ1) is 14.6. The van der Waals surface area contributed by atoms with Crippen molar-refractivity contribution in [2.75, 3.05) is 5.32 Å². The normalized spacial score (nSPS) is 10.6. The van der Waals surface area contributed by atoms with Crippen LogP contribution in [0.1, 0.15) is 5.56 Å². The Morgan fingerprint density at radius 3 is 2.40 bits per heavy atom. The van der Waals surface area contributed by atoms with E-state index in [1.807, 2.05) is 60.7 Å². The molecule has 0 radical (unpaired) electrons. The topological polar surface area (TPSA) is 56.1 Å². The van der Waals surface area contributed by atoms with E-state index >= 15 is 0 Å². The number of hydrogen-bond acceptors (Lipinski definition) is 4. The first-order valence-electron chi connectivity index (χ1n) is 9.46. The highest BCUT2D eigenvalue weighted by Gasteiger charge is 2.13. The third kappa shape index (κ3) is 4.22. The van der Waals surface area contributed by atoms with Crippen molar-refractivity contribution in [3.05, 3.63) is 107 Å². The Balaban J connectivity index is 1.55. The van der Waals surface area contributed by atoms with Crippen LogP contribution in [0.4, 0.5) is 16.0 Å². The maximum absolute atomic E-state index is 14.6. The summed E-state index contributed by atoms with van der Waals surface area (Å²) < 4.78 is 21.5. The molecule has 4 aromatic rings. The van der Waals surface area contributed by atoms with Crippen molar-refractivity contribution in [3.8, 4) is 16.9 Å². The average molecular weight is 401 g/mol. The van der Waals surface area contributed by atoms with E-state index in [1.165, 1.54) is 22.9 Å². The summed E-state index contributed by atoms with van der Waals surface area (Å²) in [6.45, 7) is 0.264. The zero-order valence-corrected chi connectivity index (χ0v) is 16.4. The first-order valence-corrected chi connectivity index (χ1v) is 9.46. The Bertz CT molecular complexity index is 1210. The lowest BCUT2D eigenvalue weighted by Crippen LogP contribution is -2.22. The highest BCUT2D eigenvalue weighted by molar-refractivity contribution is 5.64. The molecule has 4 rings (SSSR count). The average Bonchev–Trinajstić information content (AvgIpc) is 2.78. The molecular formula is C24H20FN3O2. The number of benzene rings is 3. The largest absolute Gasteiger partial charge is 0.486 e. The molecule has 6 heteroatoms. The van der Waals surface area contributed by atoms with Crippen LogP contribution in [0.3, 0.4) is 0 Å². The lowest BCUT2D eigenvalue weighted by Gasteiger charge is -2.12. The van der Waals surface area contributed by atoms with E-state index in [-0.39, 0.29) is 17.9 Å². The van der Waals surface area contributed by atoms with Crippen molar-refractivity contribution in [1.29, 1.82) is 0 Å². The van der Waals surface area contributed by atoms with Crippen LogP contribution in [0.15, 0.2) is 89.9 Å². The number of para-hydroxylation sites is 1. The van der Waals surface area contributed by atoms with E-state index in [0.717, 1.165) is 11.3 Å². The maximum atomic E-state index is 14.6. The zero-order chi connectivity index (χ0) is 20.9. The Hall–Kier alpha value is -3.93. The van der Waals surface area contributed by atoms with E-state index in [0.29, 0.717) is 17.1 Å². The summed E-state index contributed by atoms with van der Waals surface area (Å²) in [7, 11) is 1.62. The Labute approximate surface area is 173 Å². The van der Waals surface area contributed by atoms with Crippen molar-refractivity contribution < 1.29 is 9.13 Å². The van der Waals surface area contributed by atoms with E-state index in [4.69, 9.17) is 4.74 Å². The molecule has 0 saturated heterocycles. The second kappa shape index (κ2) is 8.61. The number of aromatic nitrogens is 2. The van der Waals surface area contributed by atoms with E-state index in [9.17, 15) is 9.18 Å². The minimum absolute atomic E-state index is 0.134.